The number of anilines is 1. The summed E-state index contributed by atoms with van der Waals surface area (Å²) in [6.07, 6.45) is 6.99. The number of aromatic amines is 2. The minimum absolute atomic E-state index is 0.0351. The molecule has 3 heterocycles. The number of imidazole rings is 2. The van der Waals surface area contributed by atoms with Crippen LogP contribution in [0.5, 0.6) is 0 Å². The highest BCUT2D eigenvalue weighted by molar-refractivity contribution is 5.86. The molecule has 3 N–H and O–H groups in total. The average Bonchev–Trinajstić information content (AvgIpc) is 3.50. The van der Waals surface area contributed by atoms with E-state index in [2.05, 4.69) is 15.0 Å². The summed E-state index contributed by atoms with van der Waals surface area (Å²) in [6, 6.07) is 15.9. The number of hydrogen-bond donors (Lipinski definition) is 3. The zero-order valence-corrected chi connectivity index (χ0v) is 18.2. The van der Waals surface area contributed by atoms with Gasteiger partial charge in [-0.05, 0) is 36.2 Å². The van der Waals surface area contributed by atoms with Gasteiger partial charge < -0.3 is 24.5 Å². The van der Waals surface area contributed by atoms with Gasteiger partial charge in [-0.15, -0.1) is 0 Å². The molecule has 0 fully saturated rings. The molecule has 0 saturated carbocycles. The van der Waals surface area contributed by atoms with Crippen LogP contribution >= 0.6 is 0 Å². The molecule has 0 radical (unpaired) electrons. The van der Waals surface area contributed by atoms with Gasteiger partial charge in [0.05, 0.1) is 29.7 Å². The first-order valence-corrected chi connectivity index (χ1v) is 10.7. The number of aliphatic hydroxyl groups is 1. The Morgan fingerprint density at radius 1 is 1.15 bits per heavy atom. The highest BCUT2D eigenvalue weighted by Gasteiger charge is 2.20. The SMILES string of the molecule is Cc1cc(-n2ccnc2)cc2[nH]c(-c3c(N(CCO)Cc4ccccc4)cc[nH]c3=O)nc12. The Bertz CT molecular complexity index is 1440. The molecule has 8 heteroatoms. The first kappa shape index (κ1) is 20.7. The number of aromatic nitrogens is 5. The fourth-order valence-corrected chi connectivity index (χ4v) is 4.12. The van der Waals surface area contributed by atoms with E-state index in [0.717, 1.165) is 27.8 Å². The quantitative estimate of drug-likeness (QED) is 0.360. The second-order valence-corrected chi connectivity index (χ2v) is 7.91. The predicted octanol–water partition coefficient (Wildman–Crippen LogP) is 3.41. The van der Waals surface area contributed by atoms with Crippen molar-refractivity contribution in [3.05, 3.63) is 94.9 Å². The van der Waals surface area contributed by atoms with Gasteiger partial charge in [0.2, 0.25) is 0 Å². The number of nitrogens with zero attached hydrogens (tertiary/aromatic N) is 4. The molecule has 2 aromatic carbocycles. The van der Waals surface area contributed by atoms with Crippen molar-refractivity contribution < 1.29 is 5.11 Å². The van der Waals surface area contributed by atoms with Gasteiger partial charge >= 0.3 is 0 Å². The van der Waals surface area contributed by atoms with E-state index >= 15 is 0 Å². The minimum Gasteiger partial charge on any atom is -0.395 e. The highest BCUT2D eigenvalue weighted by Crippen LogP contribution is 2.30. The molecule has 0 aliphatic rings. The number of hydrogen-bond acceptors (Lipinski definition) is 5. The van der Waals surface area contributed by atoms with Crippen LogP contribution in [-0.4, -0.2) is 42.8 Å². The summed E-state index contributed by atoms with van der Waals surface area (Å²) in [6.45, 7) is 2.90. The normalized spacial score (nSPS) is 11.2. The lowest BCUT2D eigenvalue weighted by Gasteiger charge is -2.25. The Kier molecular flexibility index (Phi) is 5.50. The third kappa shape index (κ3) is 4.04. The molecular formula is C25H24N6O2. The summed E-state index contributed by atoms with van der Waals surface area (Å²) in [5.74, 6) is 0.490. The van der Waals surface area contributed by atoms with Crippen molar-refractivity contribution in [1.29, 1.82) is 0 Å². The van der Waals surface area contributed by atoms with Crippen molar-refractivity contribution in [3.63, 3.8) is 0 Å². The smallest absolute Gasteiger partial charge is 0.261 e. The predicted molar refractivity (Wildman–Crippen MR) is 129 cm³/mol. The molecule has 0 bridgehead atoms. The molecule has 0 unspecified atom stereocenters. The molecule has 33 heavy (non-hydrogen) atoms. The molecule has 0 aliphatic heterocycles. The highest BCUT2D eigenvalue weighted by atomic mass is 16.3. The fourth-order valence-electron chi connectivity index (χ4n) is 4.12. The standard InChI is InChI=1S/C25H24N6O2/c1-17-13-19(31-10-9-26-16-31)14-20-23(17)29-24(28-20)22-21(7-8-27-25(22)33)30(11-12-32)15-18-5-3-2-4-6-18/h2-10,13-14,16,32H,11-12,15H2,1H3,(H,27,33)(H,28,29). The zero-order valence-electron chi connectivity index (χ0n) is 18.2. The van der Waals surface area contributed by atoms with E-state index in [1.807, 2.05) is 71.1 Å². The zero-order chi connectivity index (χ0) is 22.8. The van der Waals surface area contributed by atoms with Crippen molar-refractivity contribution in [2.75, 3.05) is 18.1 Å². The lowest BCUT2D eigenvalue weighted by atomic mass is 10.1. The summed E-state index contributed by atoms with van der Waals surface area (Å²) < 4.78 is 1.93. The number of aliphatic hydroxyl groups excluding tert-OH is 1. The molecule has 5 rings (SSSR count). The maximum absolute atomic E-state index is 13.0. The van der Waals surface area contributed by atoms with E-state index < -0.39 is 0 Å². The number of pyridine rings is 1. The first-order valence-electron chi connectivity index (χ1n) is 10.7. The Morgan fingerprint density at radius 3 is 2.76 bits per heavy atom. The lowest BCUT2D eigenvalue weighted by molar-refractivity contribution is 0.301. The van der Waals surface area contributed by atoms with E-state index in [1.165, 1.54) is 0 Å². The summed E-state index contributed by atoms with van der Waals surface area (Å²) in [4.78, 5) is 30.0. The maximum atomic E-state index is 13.0. The van der Waals surface area contributed by atoms with Gasteiger partial charge in [-0.2, -0.15) is 0 Å². The Balaban J connectivity index is 1.62. The number of aryl methyl sites for hydroxylation is 1. The molecular weight excluding hydrogens is 416 g/mol. The second kappa shape index (κ2) is 8.76. The van der Waals surface area contributed by atoms with Crippen LogP contribution in [0.25, 0.3) is 28.1 Å². The molecule has 0 atom stereocenters. The Morgan fingerprint density at radius 2 is 2.00 bits per heavy atom. The first-order chi connectivity index (χ1) is 16.1. The molecule has 5 aromatic rings. The van der Waals surface area contributed by atoms with Crippen molar-refractivity contribution in [1.82, 2.24) is 24.5 Å². The fraction of sp³-hybridized carbons (Fsp3) is 0.160. The number of rotatable bonds is 7. The number of fused-ring (bicyclic) bond motifs is 1. The largest absolute Gasteiger partial charge is 0.395 e. The van der Waals surface area contributed by atoms with E-state index in [1.54, 1.807) is 18.7 Å². The van der Waals surface area contributed by atoms with Crippen LogP contribution in [0.4, 0.5) is 5.69 Å². The molecule has 0 spiro atoms. The number of benzene rings is 2. The Labute approximate surface area is 190 Å². The molecule has 166 valence electrons. The van der Waals surface area contributed by atoms with Gasteiger partial charge in [-0.1, -0.05) is 30.3 Å². The van der Waals surface area contributed by atoms with Crippen LogP contribution in [-0.2, 0) is 6.54 Å². The van der Waals surface area contributed by atoms with Crippen molar-refractivity contribution in [2.24, 2.45) is 0 Å². The van der Waals surface area contributed by atoms with Crippen molar-refractivity contribution in [2.45, 2.75) is 13.5 Å². The third-order valence-corrected chi connectivity index (χ3v) is 5.67. The topological polar surface area (TPSA) is 103 Å². The van der Waals surface area contributed by atoms with Gasteiger partial charge in [0.1, 0.15) is 11.4 Å². The van der Waals surface area contributed by atoms with Gasteiger partial charge in [0.25, 0.3) is 5.56 Å². The summed E-state index contributed by atoms with van der Waals surface area (Å²) in [5.41, 5.74) is 5.59. The summed E-state index contributed by atoms with van der Waals surface area (Å²) in [7, 11) is 0. The van der Waals surface area contributed by atoms with Gasteiger partial charge in [0.15, 0.2) is 0 Å². The maximum Gasteiger partial charge on any atom is 0.261 e. The van der Waals surface area contributed by atoms with Crippen LogP contribution in [0.3, 0.4) is 0 Å². The number of H-pyrrole nitrogens is 2. The van der Waals surface area contributed by atoms with E-state index in [0.29, 0.717) is 30.2 Å². The van der Waals surface area contributed by atoms with Crippen LogP contribution in [0.2, 0.25) is 0 Å². The van der Waals surface area contributed by atoms with E-state index in [4.69, 9.17) is 4.98 Å². The van der Waals surface area contributed by atoms with Crippen LogP contribution in [0.1, 0.15) is 11.1 Å². The lowest BCUT2D eigenvalue weighted by Crippen LogP contribution is -2.28. The van der Waals surface area contributed by atoms with Crippen LogP contribution < -0.4 is 10.5 Å². The monoisotopic (exact) mass is 440 g/mol. The van der Waals surface area contributed by atoms with Crippen molar-refractivity contribution in [3.8, 4) is 17.1 Å². The number of nitrogens with one attached hydrogen (secondary N) is 2. The van der Waals surface area contributed by atoms with Crippen LogP contribution in [0.15, 0.2) is 78.2 Å². The second-order valence-electron chi connectivity index (χ2n) is 7.91. The third-order valence-electron chi connectivity index (χ3n) is 5.67. The average molecular weight is 441 g/mol. The van der Waals surface area contributed by atoms with Crippen LogP contribution in [0, 0.1) is 6.92 Å². The van der Waals surface area contributed by atoms with Gasteiger partial charge in [0, 0.05) is 37.4 Å². The molecule has 0 amide bonds. The van der Waals surface area contributed by atoms with Gasteiger partial charge in [-0.25, -0.2) is 9.97 Å². The van der Waals surface area contributed by atoms with Gasteiger partial charge in [-0.3, -0.25) is 4.79 Å². The van der Waals surface area contributed by atoms with Crippen molar-refractivity contribution >= 4 is 16.7 Å². The molecule has 0 aliphatic carbocycles. The minimum atomic E-state index is -0.241. The van der Waals surface area contributed by atoms with E-state index in [-0.39, 0.29) is 12.2 Å². The molecule has 8 nitrogen and oxygen atoms in total. The summed E-state index contributed by atoms with van der Waals surface area (Å²) in [5, 5.41) is 9.72. The van der Waals surface area contributed by atoms with E-state index in [9.17, 15) is 9.90 Å². The Hall–Kier alpha value is -4.17. The molecule has 3 aromatic heterocycles. The summed E-state index contributed by atoms with van der Waals surface area (Å²) >= 11 is 0. The molecule has 0 saturated heterocycles.